The van der Waals surface area contributed by atoms with Gasteiger partial charge in [0.15, 0.2) is 5.82 Å². The molecule has 0 saturated carbocycles. The molecule has 0 saturated heterocycles. The van der Waals surface area contributed by atoms with Crippen molar-refractivity contribution in [2.45, 2.75) is 13.5 Å². The molecule has 1 N–H and O–H groups in total. The van der Waals surface area contributed by atoms with Gasteiger partial charge in [0.25, 0.3) is 10.0 Å². The first-order valence-corrected chi connectivity index (χ1v) is 9.79. The van der Waals surface area contributed by atoms with Crippen molar-refractivity contribution in [3.05, 3.63) is 64.7 Å². The van der Waals surface area contributed by atoms with E-state index in [1.165, 1.54) is 0 Å². The molecule has 0 fully saturated rings. The first-order valence-electron chi connectivity index (χ1n) is 7.56. The summed E-state index contributed by atoms with van der Waals surface area (Å²) in [6, 6.07) is 14.9. The van der Waals surface area contributed by atoms with Crippen LogP contribution in [-0.2, 0) is 16.6 Å². The minimum absolute atomic E-state index is 0.151. The van der Waals surface area contributed by atoms with Gasteiger partial charge in [-0.2, -0.15) is 4.98 Å². The maximum atomic E-state index is 12.0. The number of nitrogens with one attached hydrogen (secondary N) is 1. The van der Waals surface area contributed by atoms with Crippen molar-refractivity contribution in [1.29, 1.82) is 0 Å². The van der Waals surface area contributed by atoms with Crippen LogP contribution < -0.4 is 5.32 Å². The number of hydrogen-bond acceptors (Lipinski definition) is 5. The van der Waals surface area contributed by atoms with E-state index in [4.69, 9.17) is 11.6 Å². The molecule has 0 unspecified atom stereocenters. The average molecular weight is 377 g/mol. The van der Waals surface area contributed by atoms with E-state index in [-0.39, 0.29) is 5.95 Å². The Bertz CT molecular complexity index is 998. The minimum atomic E-state index is -3.60. The first kappa shape index (κ1) is 17.4. The summed E-state index contributed by atoms with van der Waals surface area (Å²) in [4.78, 5) is 4.34. The van der Waals surface area contributed by atoms with Crippen molar-refractivity contribution in [2.75, 3.05) is 11.6 Å². The predicted molar refractivity (Wildman–Crippen MR) is 99.2 cm³/mol. The van der Waals surface area contributed by atoms with Gasteiger partial charge >= 0.3 is 0 Å². The van der Waals surface area contributed by atoms with E-state index < -0.39 is 10.0 Å². The number of halogens is 1. The van der Waals surface area contributed by atoms with Crippen LogP contribution in [0.15, 0.2) is 48.5 Å². The van der Waals surface area contributed by atoms with E-state index in [2.05, 4.69) is 15.4 Å². The van der Waals surface area contributed by atoms with Crippen LogP contribution in [-0.4, -0.2) is 28.8 Å². The van der Waals surface area contributed by atoms with Crippen molar-refractivity contribution in [3.8, 4) is 11.4 Å². The zero-order valence-corrected chi connectivity index (χ0v) is 15.3. The summed E-state index contributed by atoms with van der Waals surface area (Å²) >= 11 is 6.13. The van der Waals surface area contributed by atoms with Crippen LogP contribution >= 0.6 is 11.6 Å². The third kappa shape index (κ3) is 4.00. The summed E-state index contributed by atoms with van der Waals surface area (Å²) < 4.78 is 25.0. The molecule has 0 atom stereocenters. The second-order valence-electron chi connectivity index (χ2n) is 5.68. The van der Waals surface area contributed by atoms with E-state index in [0.29, 0.717) is 17.4 Å². The van der Waals surface area contributed by atoms with Gasteiger partial charge in [0.1, 0.15) is 0 Å². The lowest BCUT2D eigenvalue weighted by Crippen LogP contribution is -2.16. The lowest BCUT2D eigenvalue weighted by atomic mass is 10.1. The van der Waals surface area contributed by atoms with Gasteiger partial charge in [0, 0.05) is 17.1 Å². The minimum Gasteiger partial charge on any atom is -0.349 e. The van der Waals surface area contributed by atoms with Crippen LogP contribution in [0.4, 0.5) is 5.95 Å². The molecule has 0 radical (unpaired) electrons. The molecule has 0 bridgehead atoms. The van der Waals surface area contributed by atoms with Crippen LogP contribution in [0, 0.1) is 6.92 Å². The Balaban J connectivity index is 1.94. The molecule has 130 valence electrons. The van der Waals surface area contributed by atoms with E-state index >= 15 is 0 Å². The Labute approximate surface area is 151 Å². The fourth-order valence-corrected chi connectivity index (χ4v) is 3.13. The maximum absolute atomic E-state index is 12.0. The number of nitrogens with zero attached hydrogens (tertiary/aromatic N) is 3. The van der Waals surface area contributed by atoms with Gasteiger partial charge in [-0.05, 0) is 18.6 Å². The van der Waals surface area contributed by atoms with Crippen LogP contribution in [0.5, 0.6) is 0 Å². The lowest BCUT2D eigenvalue weighted by Gasteiger charge is -2.07. The van der Waals surface area contributed by atoms with Crippen molar-refractivity contribution >= 4 is 27.6 Å². The molecule has 3 aromatic rings. The highest BCUT2D eigenvalue weighted by Gasteiger charge is 2.18. The smallest absolute Gasteiger partial charge is 0.254 e. The van der Waals surface area contributed by atoms with E-state index in [0.717, 1.165) is 27.0 Å². The Morgan fingerprint density at radius 1 is 1.12 bits per heavy atom. The normalized spacial score (nSPS) is 11.5. The zero-order chi connectivity index (χ0) is 18.0. The molecule has 0 aliphatic heterocycles. The van der Waals surface area contributed by atoms with Crippen molar-refractivity contribution in [2.24, 2.45) is 0 Å². The van der Waals surface area contributed by atoms with Gasteiger partial charge in [-0.1, -0.05) is 59.6 Å². The number of rotatable bonds is 5. The van der Waals surface area contributed by atoms with Crippen LogP contribution in [0.25, 0.3) is 11.4 Å². The van der Waals surface area contributed by atoms with Crippen molar-refractivity contribution in [3.63, 3.8) is 0 Å². The molecule has 0 aliphatic rings. The van der Waals surface area contributed by atoms with Gasteiger partial charge in [0.05, 0.1) is 6.26 Å². The van der Waals surface area contributed by atoms with E-state index in [1.54, 1.807) is 6.07 Å². The molecular weight excluding hydrogens is 360 g/mol. The quantitative estimate of drug-likeness (QED) is 0.739. The second kappa shape index (κ2) is 6.85. The molecule has 2 aromatic carbocycles. The Hall–Kier alpha value is -2.38. The highest BCUT2D eigenvalue weighted by molar-refractivity contribution is 7.89. The first-order chi connectivity index (χ1) is 11.8. The number of aromatic nitrogens is 3. The molecule has 25 heavy (non-hydrogen) atoms. The van der Waals surface area contributed by atoms with Crippen LogP contribution in [0.3, 0.4) is 0 Å². The third-order valence-electron chi connectivity index (χ3n) is 3.60. The van der Waals surface area contributed by atoms with Gasteiger partial charge in [-0.3, -0.25) is 0 Å². The molecule has 8 heteroatoms. The third-order valence-corrected chi connectivity index (χ3v) is 4.85. The largest absolute Gasteiger partial charge is 0.349 e. The number of aryl methyl sites for hydroxylation is 1. The second-order valence-corrected chi connectivity index (χ2v) is 7.90. The molecule has 3 rings (SSSR count). The molecule has 1 heterocycles. The Morgan fingerprint density at radius 2 is 1.80 bits per heavy atom. The van der Waals surface area contributed by atoms with Crippen molar-refractivity contribution < 1.29 is 8.42 Å². The standard InChI is InChI=1S/C17H17ClN4O2S/c1-12-7-9-13(10-8-12)16-20-17(22(21-16)25(2,23)24)19-11-14-5-3-4-6-15(14)18/h3-10H,11H2,1-2H3,(H,19,20,21). The van der Waals surface area contributed by atoms with Gasteiger partial charge in [-0.25, -0.2) is 8.42 Å². The molecule has 0 spiro atoms. The van der Waals surface area contributed by atoms with Crippen LogP contribution in [0.1, 0.15) is 11.1 Å². The number of hydrogen-bond donors (Lipinski definition) is 1. The fraction of sp³-hybridized carbons (Fsp3) is 0.176. The summed E-state index contributed by atoms with van der Waals surface area (Å²) in [5, 5.41) is 7.74. The Morgan fingerprint density at radius 3 is 2.44 bits per heavy atom. The van der Waals surface area contributed by atoms with Gasteiger partial charge < -0.3 is 5.32 Å². The number of anilines is 1. The maximum Gasteiger partial charge on any atom is 0.254 e. The van der Waals surface area contributed by atoms with Crippen molar-refractivity contribution in [1.82, 2.24) is 14.2 Å². The zero-order valence-electron chi connectivity index (χ0n) is 13.8. The lowest BCUT2D eigenvalue weighted by molar-refractivity contribution is 0.587. The molecule has 6 nitrogen and oxygen atoms in total. The highest BCUT2D eigenvalue weighted by Crippen LogP contribution is 2.21. The average Bonchev–Trinajstić information content (AvgIpc) is 2.99. The monoisotopic (exact) mass is 376 g/mol. The summed E-state index contributed by atoms with van der Waals surface area (Å²) in [6.07, 6.45) is 1.08. The number of benzene rings is 2. The molecule has 1 aromatic heterocycles. The predicted octanol–water partition coefficient (Wildman–Crippen LogP) is 3.33. The van der Waals surface area contributed by atoms with Gasteiger partial charge in [-0.15, -0.1) is 9.19 Å². The fourth-order valence-electron chi connectivity index (χ4n) is 2.28. The molecule has 0 aliphatic carbocycles. The molecule has 0 amide bonds. The summed E-state index contributed by atoms with van der Waals surface area (Å²) in [6.45, 7) is 2.31. The highest BCUT2D eigenvalue weighted by atomic mass is 35.5. The SMILES string of the molecule is Cc1ccc(-c2nc(NCc3ccccc3Cl)n(S(C)(=O)=O)n2)cc1. The summed E-state index contributed by atoms with van der Waals surface area (Å²) in [7, 11) is -3.60. The van der Waals surface area contributed by atoms with E-state index in [9.17, 15) is 8.42 Å². The summed E-state index contributed by atoms with van der Waals surface area (Å²) in [5.41, 5.74) is 2.68. The summed E-state index contributed by atoms with van der Waals surface area (Å²) in [5.74, 6) is 0.491. The van der Waals surface area contributed by atoms with E-state index in [1.807, 2.05) is 49.4 Å². The van der Waals surface area contributed by atoms with Crippen LogP contribution in [0.2, 0.25) is 5.02 Å². The Kier molecular flexibility index (Phi) is 4.78. The van der Waals surface area contributed by atoms with Gasteiger partial charge in [0.2, 0.25) is 5.95 Å². The molecular formula is C17H17ClN4O2S. The topological polar surface area (TPSA) is 76.9 Å².